The van der Waals surface area contributed by atoms with Crippen LogP contribution in [0.15, 0.2) is 96.2 Å². The Morgan fingerprint density at radius 1 is 0.800 bits per heavy atom. The van der Waals surface area contributed by atoms with Crippen molar-refractivity contribution in [2.75, 3.05) is 0 Å². The van der Waals surface area contributed by atoms with Crippen molar-refractivity contribution >= 4 is 23.9 Å². The molecule has 2 nitrogen and oxygen atoms in total. The molecule has 0 bridgehead atoms. The van der Waals surface area contributed by atoms with E-state index in [1.54, 1.807) is 6.21 Å². The predicted octanol–water partition coefficient (Wildman–Crippen LogP) is 6.15. The zero-order valence-electron chi connectivity index (χ0n) is 13.6. The van der Waals surface area contributed by atoms with Crippen LogP contribution in [0.4, 0.5) is 0 Å². The Labute approximate surface area is 153 Å². The van der Waals surface area contributed by atoms with E-state index in [9.17, 15) is 0 Å². The standard InChI is InChI=1S/C22H18ClNO/c23-21-13-7-10-19(16-21)17-24-25-22(20-11-5-2-6-12-20)15-14-18-8-3-1-4-9-18/h1-17,22H/b15-14+,24-17+/t22-/m0/s1. The summed E-state index contributed by atoms with van der Waals surface area (Å²) in [5.41, 5.74) is 3.05. The molecule has 0 aromatic heterocycles. The van der Waals surface area contributed by atoms with Crippen LogP contribution in [0.1, 0.15) is 22.8 Å². The van der Waals surface area contributed by atoms with Crippen LogP contribution in [0, 0.1) is 0 Å². The van der Waals surface area contributed by atoms with Crippen molar-refractivity contribution in [3.63, 3.8) is 0 Å². The van der Waals surface area contributed by atoms with Gasteiger partial charge in [-0.1, -0.05) is 95.6 Å². The van der Waals surface area contributed by atoms with Gasteiger partial charge in [0.15, 0.2) is 6.10 Å². The minimum atomic E-state index is -0.267. The molecule has 0 aliphatic heterocycles. The molecule has 0 saturated heterocycles. The van der Waals surface area contributed by atoms with Gasteiger partial charge >= 0.3 is 0 Å². The van der Waals surface area contributed by atoms with E-state index in [0.29, 0.717) is 5.02 Å². The Hall–Kier alpha value is -2.84. The van der Waals surface area contributed by atoms with Gasteiger partial charge < -0.3 is 4.84 Å². The number of nitrogens with zero attached hydrogens (tertiary/aromatic N) is 1. The Morgan fingerprint density at radius 2 is 1.48 bits per heavy atom. The highest BCUT2D eigenvalue weighted by molar-refractivity contribution is 6.30. The highest BCUT2D eigenvalue weighted by Gasteiger charge is 2.08. The summed E-state index contributed by atoms with van der Waals surface area (Å²) in [5.74, 6) is 0. The summed E-state index contributed by atoms with van der Waals surface area (Å²) >= 11 is 5.99. The van der Waals surface area contributed by atoms with Crippen molar-refractivity contribution in [3.05, 3.63) is 113 Å². The molecule has 0 unspecified atom stereocenters. The van der Waals surface area contributed by atoms with E-state index in [2.05, 4.69) is 5.16 Å². The third-order valence-electron chi connectivity index (χ3n) is 3.62. The second-order valence-electron chi connectivity index (χ2n) is 5.50. The molecule has 0 spiro atoms. The van der Waals surface area contributed by atoms with Crippen molar-refractivity contribution in [2.24, 2.45) is 5.16 Å². The quantitative estimate of drug-likeness (QED) is 0.387. The number of halogens is 1. The minimum Gasteiger partial charge on any atom is -0.383 e. The molecule has 0 N–H and O–H groups in total. The molecule has 0 amide bonds. The molecule has 1 atom stereocenters. The van der Waals surface area contributed by atoms with Gasteiger partial charge in [0, 0.05) is 5.02 Å². The number of hydrogen-bond donors (Lipinski definition) is 0. The highest BCUT2D eigenvalue weighted by atomic mass is 35.5. The van der Waals surface area contributed by atoms with E-state index in [-0.39, 0.29) is 6.10 Å². The maximum Gasteiger partial charge on any atom is 0.171 e. The molecule has 3 heteroatoms. The second-order valence-corrected chi connectivity index (χ2v) is 5.93. The van der Waals surface area contributed by atoms with Crippen molar-refractivity contribution in [2.45, 2.75) is 6.10 Å². The van der Waals surface area contributed by atoms with Gasteiger partial charge in [-0.2, -0.15) is 0 Å². The van der Waals surface area contributed by atoms with E-state index in [1.807, 2.05) is 97.1 Å². The lowest BCUT2D eigenvalue weighted by atomic mass is 10.1. The molecule has 3 rings (SSSR count). The van der Waals surface area contributed by atoms with Crippen molar-refractivity contribution in [1.82, 2.24) is 0 Å². The molecule has 124 valence electrons. The van der Waals surface area contributed by atoms with Crippen LogP contribution in [0.5, 0.6) is 0 Å². The molecule has 0 fully saturated rings. The zero-order chi connectivity index (χ0) is 17.3. The molecule has 0 radical (unpaired) electrons. The average Bonchev–Trinajstić information content (AvgIpc) is 2.66. The van der Waals surface area contributed by atoms with Gasteiger partial charge in [-0.3, -0.25) is 0 Å². The largest absolute Gasteiger partial charge is 0.383 e. The third kappa shape index (κ3) is 5.33. The summed E-state index contributed by atoms with van der Waals surface area (Å²) in [6.45, 7) is 0. The lowest BCUT2D eigenvalue weighted by Crippen LogP contribution is -1.97. The van der Waals surface area contributed by atoms with Gasteiger partial charge in [-0.05, 0) is 34.9 Å². The summed E-state index contributed by atoms with van der Waals surface area (Å²) in [6, 6.07) is 27.6. The first-order chi connectivity index (χ1) is 12.3. The van der Waals surface area contributed by atoms with Gasteiger partial charge in [-0.15, -0.1) is 0 Å². The molecule has 0 aliphatic carbocycles. The molecule has 25 heavy (non-hydrogen) atoms. The van der Waals surface area contributed by atoms with E-state index >= 15 is 0 Å². The van der Waals surface area contributed by atoms with Crippen LogP contribution < -0.4 is 0 Å². The number of rotatable bonds is 6. The average molecular weight is 348 g/mol. The minimum absolute atomic E-state index is 0.267. The van der Waals surface area contributed by atoms with Crippen LogP contribution in [0.3, 0.4) is 0 Å². The Balaban J connectivity index is 1.76. The summed E-state index contributed by atoms with van der Waals surface area (Å²) in [4.78, 5) is 5.73. The van der Waals surface area contributed by atoms with E-state index in [4.69, 9.17) is 16.4 Å². The number of benzene rings is 3. The van der Waals surface area contributed by atoms with Crippen molar-refractivity contribution < 1.29 is 4.84 Å². The first-order valence-corrected chi connectivity index (χ1v) is 8.42. The smallest absolute Gasteiger partial charge is 0.171 e. The molecular formula is C22H18ClNO. The second kappa shape index (κ2) is 8.86. The summed E-state index contributed by atoms with van der Waals surface area (Å²) in [6.07, 6.45) is 5.43. The molecule has 0 heterocycles. The van der Waals surface area contributed by atoms with Gasteiger partial charge in [0.05, 0.1) is 6.21 Å². The molecule has 0 saturated carbocycles. The zero-order valence-corrected chi connectivity index (χ0v) is 14.4. The van der Waals surface area contributed by atoms with E-state index in [1.165, 1.54) is 0 Å². The van der Waals surface area contributed by atoms with E-state index < -0.39 is 0 Å². The first-order valence-electron chi connectivity index (χ1n) is 8.04. The lowest BCUT2D eigenvalue weighted by molar-refractivity contribution is 0.0948. The Morgan fingerprint density at radius 3 is 2.20 bits per heavy atom. The highest BCUT2D eigenvalue weighted by Crippen LogP contribution is 2.20. The van der Waals surface area contributed by atoms with Gasteiger partial charge in [0.1, 0.15) is 0 Å². The topological polar surface area (TPSA) is 21.6 Å². The fourth-order valence-corrected chi connectivity index (χ4v) is 2.55. The monoisotopic (exact) mass is 347 g/mol. The summed E-state index contributed by atoms with van der Waals surface area (Å²) in [5, 5.41) is 4.81. The maximum absolute atomic E-state index is 5.99. The van der Waals surface area contributed by atoms with Gasteiger partial charge in [0.25, 0.3) is 0 Å². The van der Waals surface area contributed by atoms with Crippen LogP contribution in [-0.2, 0) is 4.84 Å². The number of oxime groups is 1. The third-order valence-corrected chi connectivity index (χ3v) is 3.85. The Kier molecular flexibility index (Phi) is 6.02. The number of hydrogen-bond acceptors (Lipinski definition) is 2. The molecule has 3 aromatic rings. The predicted molar refractivity (Wildman–Crippen MR) is 105 cm³/mol. The fourth-order valence-electron chi connectivity index (χ4n) is 2.36. The maximum atomic E-state index is 5.99. The van der Waals surface area contributed by atoms with Gasteiger partial charge in [0.2, 0.25) is 0 Å². The lowest BCUT2D eigenvalue weighted by Gasteiger charge is -2.11. The fraction of sp³-hybridized carbons (Fsp3) is 0.0455. The Bertz CT molecular complexity index is 844. The first kappa shape index (κ1) is 17.0. The SMILES string of the molecule is Clc1cccc(/C=N/O[C@@H](/C=C/c2ccccc2)c2ccccc2)c1. The summed E-state index contributed by atoms with van der Waals surface area (Å²) in [7, 11) is 0. The van der Waals surface area contributed by atoms with Crippen LogP contribution in [0.25, 0.3) is 6.08 Å². The summed E-state index contributed by atoms with van der Waals surface area (Å²) < 4.78 is 0. The van der Waals surface area contributed by atoms with Crippen LogP contribution >= 0.6 is 11.6 Å². The normalized spacial score (nSPS) is 12.5. The van der Waals surface area contributed by atoms with E-state index in [0.717, 1.165) is 16.7 Å². The van der Waals surface area contributed by atoms with Crippen LogP contribution in [-0.4, -0.2) is 6.21 Å². The van der Waals surface area contributed by atoms with Crippen molar-refractivity contribution in [3.8, 4) is 0 Å². The van der Waals surface area contributed by atoms with Crippen molar-refractivity contribution in [1.29, 1.82) is 0 Å². The molecular weight excluding hydrogens is 330 g/mol. The van der Waals surface area contributed by atoms with Crippen LogP contribution in [0.2, 0.25) is 5.02 Å². The molecule has 0 aliphatic rings. The molecule has 3 aromatic carbocycles. The van der Waals surface area contributed by atoms with Gasteiger partial charge in [-0.25, -0.2) is 0 Å².